The van der Waals surface area contributed by atoms with E-state index in [1.165, 1.54) is 0 Å². The molecule has 0 amide bonds. The van der Waals surface area contributed by atoms with Gasteiger partial charge in [-0.3, -0.25) is 4.90 Å². The first-order chi connectivity index (χ1) is 17.9. The Labute approximate surface area is 217 Å². The van der Waals surface area contributed by atoms with Crippen molar-refractivity contribution in [2.24, 2.45) is 0 Å². The molecule has 0 saturated carbocycles. The Balaban J connectivity index is 2.00. The number of carbonyl (C=O) groups excluding carboxylic acids is 1. The second-order valence-corrected chi connectivity index (χ2v) is 8.71. The van der Waals surface area contributed by atoms with Crippen LogP contribution in [0.3, 0.4) is 0 Å². The fourth-order valence-electron chi connectivity index (χ4n) is 5.32. The largest absolute Gasteiger partial charge is 0.493 e. The highest BCUT2D eigenvalue weighted by atomic mass is 16.6. The molecule has 0 aromatic heterocycles. The van der Waals surface area contributed by atoms with Gasteiger partial charge in [-0.25, -0.2) is 4.79 Å². The van der Waals surface area contributed by atoms with Gasteiger partial charge in [-0.2, -0.15) is 0 Å². The summed E-state index contributed by atoms with van der Waals surface area (Å²) in [6.07, 6.45) is -0.00709. The summed E-state index contributed by atoms with van der Waals surface area (Å²) in [6, 6.07) is 1.53. The molecule has 0 spiro atoms. The van der Waals surface area contributed by atoms with Crippen molar-refractivity contribution >= 4 is 11.7 Å². The van der Waals surface area contributed by atoms with Crippen molar-refractivity contribution in [1.82, 2.24) is 4.90 Å². The molecule has 2 heterocycles. The van der Waals surface area contributed by atoms with Crippen LogP contribution in [0.5, 0.6) is 34.5 Å². The number of rotatable bonds is 10. The highest BCUT2D eigenvalue weighted by molar-refractivity contribution is 6.02. The molecule has 0 fully saturated rings. The topological polar surface area (TPSA) is 111 Å². The molecule has 2 aromatic rings. The van der Waals surface area contributed by atoms with E-state index in [2.05, 4.69) is 4.90 Å². The lowest BCUT2D eigenvalue weighted by molar-refractivity contribution is 0.00882. The second-order valence-electron chi connectivity index (χ2n) is 8.71. The Kier molecular flexibility index (Phi) is 7.77. The fraction of sp³-hybridized carbons (Fsp3) is 0.519. The van der Waals surface area contributed by atoms with E-state index in [4.69, 9.17) is 38.9 Å². The molecule has 2 aromatic carbocycles. The number of benzene rings is 2. The van der Waals surface area contributed by atoms with E-state index in [0.717, 1.165) is 17.5 Å². The van der Waals surface area contributed by atoms with Crippen LogP contribution in [0, 0.1) is 0 Å². The van der Waals surface area contributed by atoms with E-state index in [-0.39, 0.29) is 11.3 Å². The number of fused-ring (bicyclic) bond motifs is 2. The first-order valence-electron chi connectivity index (χ1n) is 12.5. The van der Waals surface area contributed by atoms with Crippen molar-refractivity contribution in [1.29, 1.82) is 0 Å². The summed E-state index contributed by atoms with van der Waals surface area (Å²) in [5.74, 6) is 1.97. The van der Waals surface area contributed by atoms with Crippen LogP contribution < -0.4 is 34.2 Å². The Morgan fingerprint density at radius 1 is 0.892 bits per heavy atom. The quantitative estimate of drug-likeness (QED) is 0.368. The molecule has 2 aliphatic heterocycles. The minimum Gasteiger partial charge on any atom is -0.493 e. The molecule has 0 radical (unpaired) electrons. The third-order valence-electron chi connectivity index (χ3n) is 6.78. The van der Waals surface area contributed by atoms with Gasteiger partial charge < -0.3 is 38.9 Å². The van der Waals surface area contributed by atoms with Gasteiger partial charge in [0.15, 0.2) is 29.1 Å². The second kappa shape index (κ2) is 10.8. The average Bonchev–Trinajstić information content (AvgIpc) is 3.23. The maximum absolute atomic E-state index is 13.4. The van der Waals surface area contributed by atoms with Gasteiger partial charge in [-0.15, -0.1) is 0 Å². The number of likely N-dealkylation sites (N-methyl/N-ethyl adjacent to an activating group) is 1. The SMILES string of the molecule is CCOc1c(N)c2c(c(OCC)c1OCC)C(=O)OC2C1c2c(cc(OC)c(OC)c2OC)CCN1C. The molecule has 10 heteroatoms. The van der Waals surface area contributed by atoms with Gasteiger partial charge in [0, 0.05) is 17.7 Å². The number of hydrogen-bond acceptors (Lipinski definition) is 10. The van der Waals surface area contributed by atoms with Crippen LogP contribution >= 0.6 is 0 Å². The van der Waals surface area contributed by atoms with Gasteiger partial charge in [0.1, 0.15) is 5.56 Å². The summed E-state index contributed by atoms with van der Waals surface area (Å²) < 4.78 is 41.0. The number of anilines is 1. The van der Waals surface area contributed by atoms with E-state index in [9.17, 15) is 4.79 Å². The minimum absolute atomic E-state index is 0.260. The number of methoxy groups -OCH3 is 3. The summed E-state index contributed by atoms with van der Waals surface area (Å²) in [6.45, 7) is 7.27. The molecule has 202 valence electrons. The van der Waals surface area contributed by atoms with Crippen LogP contribution in [-0.2, 0) is 11.2 Å². The third kappa shape index (κ3) is 4.22. The van der Waals surface area contributed by atoms with Gasteiger partial charge in [0.05, 0.1) is 52.9 Å². The Hall–Kier alpha value is -3.53. The maximum atomic E-state index is 13.4. The summed E-state index contributed by atoms with van der Waals surface area (Å²) in [5.41, 5.74) is 9.66. The van der Waals surface area contributed by atoms with Crippen LogP contribution in [0.2, 0.25) is 0 Å². The molecule has 2 N–H and O–H groups in total. The molecule has 0 aliphatic carbocycles. The molecule has 37 heavy (non-hydrogen) atoms. The van der Waals surface area contributed by atoms with Crippen molar-refractivity contribution in [2.45, 2.75) is 39.3 Å². The standard InChI is InChI=1S/C27H36N2O8/c1-8-34-24-18-17(19(28)25(35-9-2)26(24)36-10-3)22(37-27(18)30)20-16-14(11-12-29(20)4)13-15(31-5)21(32-6)23(16)33-7/h13,20,22H,8-12,28H2,1-7H3. The zero-order valence-corrected chi connectivity index (χ0v) is 22.6. The first kappa shape index (κ1) is 26.5. The molecule has 2 aliphatic rings. The number of nitrogens with zero attached hydrogens (tertiary/aromatic N) is 1. The van der Waals surface area contributed by atoms with Gasteiger partial charge in [-0.1, -0.05) is 0 Å². The molecule has 2 unspecified atom stereocenters. The van der Waals surface area contributed by atoms with Gasteiger partial charge in [0.25, 0.3) is 0 Å². The number of nitrogen functional groups attached to an aromatic ring is 1. The van der Waals surface area contributed by atoms with Gasteiger partial charge >= 0.3 is 5.97 Å². The molecule has 2 atom stereocenters. The van der Waals surface area contributed by atoms with E-state index >= 15 is 0 Å². The number of cyclic esters (lactones) is 1. The lowest BCUT2D eigenvalue weighted by atomic mass is 9.84. The minimum atomic E-state index is -0.757. The zero-order valence-electron chi connectivity index (χ0n) is 22.6. The normalized spacial score (nSPS) is 18.5. The number of carbonyl (C=O) groups is 1. The highest BCUT2D eigenvalue weighted by Crippen LogP contribution is 2.58. The monoisotopic (exact) mass is 516 g/mol. The molecular weight excluding hydrogens is 480 g/mol. The zero-order chi connectivity index (χ0) is 26.9. The molecule has 0 bridgehead atoms. The molecule has 0 saturated heterocycles. The molecule has 10 nitrogen and oxygen atoms in total. The lowest BCUT2D eigenvalue weighted by Gasteiger charge is -2.39. The fourth-order valence-corrected chi connectivity index (χ4v) is 5.32. The molecule has 4 rings (SSSR count). The summed E-state index contributed by atoms with van der Waals surface area (Å²) in [4.78, 5) is 15.6. The number of ether oxygens (including phenoxy) is 7. The van der Waals surface area contributed by atoms with E-state index in [1.807, 2.05) is 33.9 Å². The molecular formula is C27H36N2O8. The smallest absolute Gasteiger partial charge is 0.343 e. The van der Waals surface area contributed by atoms with Crippen LogP contribution in [0.25, 0.3) is 0 Å². The third-order valence-corrected chi connectivity index (χ3v) is 6.78. The number of nitrogens with two attached hydrogens (primary N) is 1. The predicted octanol–water partition coefficient (Wildman–Crippen LogP) is 3.93. The van der Waals surface area contributed by atoms with Crippen molar-refractivity contribution < 1.29 is 38.0 Å². The summed E-state index contributed by atoms with van der Waals surface area (Å²) in [7, 11) is 6.72. The highest BCUT2D eigenvalue weighted by Gasteiger charge is 2.48. The van der Waals surface area contributed by atoms with Crippen LogP contribution in [-0.4, -0.2) is 65.6 Å². The van der Waals surface area contributed by atoms with Crippen molar-refractivity contribution in [2.75, 3.05) is 60.5 Å². The number of hydrogen-bond donors (Lipinski definition) is 1. The van der Waals surface area contributed by atoms with Crippen LogP contribution in [0.4, 0.5) is 5.69 Å². The van der Waals surface area contributed by atoms with Crippen molar-refractivity contribution in [3.8, 4) is 34.5 Å². The van der Waals surface area contributed by atoms with E-state index in [0.29, 0.717) is 66.4 Å². The Morgan fingerprint density at radius 3 is 2.11 bits per heavy atom. The number of esters is 1. The lowest BCUT2D eigenvalue weighted by Crippen LogP contribution is -2.36. The first-order valence-corrected chi connectivity index (χ1v) is 12.5. The predicted molar refractivity (Wildman–Crippen MR) is 138 cm³/mol. The summed E-state index contributed by atoms with van der Waals surface area (Å²) >= 11 is 0. The maximum Gasteiger partial charge on any atom is 0.343 e. The van der Waals surface area contributed by atoms with Crippen LogP contribution in [0.1, 0.15) is 60.0 Å². The van der Waals surface area contributed by atoms with Crippen molar-refractivity contribution in [3.05, 3.63) is 28.3 Å². The van der Waals surface area contributed by atoms with E-state index in [1.54, 1.807) is 21.3 Å². The van der Waals surface area contributed by atoms with Gasteiger partial charge in [0.2, 0.25) is 11.5 Å². The Bertz CT molecular complexity index is 1180. The Morgan fingerprint density at radius 2 is 1.51 bits per heavy atom. The summed E-state index contributed by atoms with van der Waals surface area (Å²) in [5, 5.41) is 0. The van der Waals surface area contributed by atoms with E-state index < -0.39 is 18.1 Å². The van der Waals surface area contributed by atoms with Crippen molar-refractivity contribution in [3.63, 3.8) is 0 Å². The van der Waals surface area contributed by atoms with Gasteiger partial charge in [-0.05, 0) is 45.9 Å². The van der Waals surface area contributed by atoms with Crippen LogP contribution in [0.15, 0.2) is 6.07 Å². The average molecular weight is 517 g/mol.